The molecular weight excluding hydrogens is 538 g/mol. The van der Waals surface area contributed by atoms with Gasteiger partial charge in [-0.3, -0.25) is 14.5 Å². The van der Waals surface area contributed by atoms with E-state index in [1.165, 1.54) is 0 Å². The second kappa shape index (κ2) is 12.6. The molecular formula is C36H41N3O4. The van der Waals surface area contributed by atoms with Crippen LogP contribution in [-0.2, 0) is 16.2 Å². The number of hydrogen-bond acceptors (Lipinski definition) is 6. The molecule has 224 valence electrons. The molecule has 0 spiro atoms. The number of Topliss-reactive ketones (excluding diaryl/α,β-unsaturated/α-hetero) is 1. The molecule has 0 atom stereocenters. The Kier molecular flexibility index (Phi) is 8.92. The lowest BCUT2D eigenvalue weighted by Gasteiger charge is -2.31. The maximum atomic E-state index is 13.8. The zero-order valence-electron chi connectivity index (χ0n) is 25.9. The number of aryl methyl sites for hydroxylation is 2. The molecule has 1 aliphatic rings. The minimum absolute atomic E-state index is 0.0303. The van der Waals surface area contributed by atoms with Crippen LogP contribution in [0.5, 0.6) is 0 Å². The minimum atomic E-state index is -0.812. The van der Waals surface area contributed by atoms with Crippen molar-refractivity contribution in [3.63, 3.8) is 0 Å². The number of likely N-dealkylation sites (tertiary alicyclic amines) is 1. The first kappa shape index (κ1) is 30.4. The van der Waals surface area contributed by atoms with Gasteiger partial charge in [-0.15, -0.1) is 0 Å². The highest BCUT2D eigenvalue weighted by atomic mass is 16.7. The molecule has 43 heavy (non-hydrogen) atoms. The first-order valence-electron chi connectivity index (χ1n) is 15.4. The molecule has 7 nitrogen and oxygen atoms in total. The van der Waals surface area contributed by atoms with Gasteiger partial charge in [0.25, 0.3) is 0 Å². The Morgan fingerprint density at radius 3 is 2.14 bits per heavy atom. The van der Waals surface area contributed by atoms with Crippen molar-refractivity contribution in [3.05, 3.63) is 82.9 Å². The van der Waals surface area contributed by atoms with Crippen LogP contribution in [0.25, 0.3) is 21.8 Å². The van der Waals surface area contributed by atoms with Crippen molar-refractivity contribution in [2.24, 2.45) is 5.16 Å². The van der Waals surface area contributed by atoms with Crippen LogP contribution in [0.2, 0.25) is 0 Å². The molecule has 0 amide bonds. The molecule has 0 aliphatic carbocycles. The van der Waals surface area contributed by atoms with E-state index in [0.717, 1.165) is 72.7 Å². The number of carbonyl (C=O) groups excluding carboxylic acids is 3. The van der Waals surface area contributed by atoms with Gasteiger partial charge in [-0.2, -0.15) is 0 Å². The Bertz CT molecular complexity index is 1720. The number of hydrogen-bond donors (Lipinski definition) is 0. The quantitative estimate of drug-likeness (QED) is 0.0795. The van der Waals surface area contributed by atoms with Crippen LogP contribution < -0.4 is 0 Å². The van der Waals surface area contributed by atoms with E-state index in [2.05, 4.69) is 21.5 Å². The molecule has 1 saturated heterocycles. The summed E-state index contributed by atoms with van der Waals surface area (Å²) in [5, 5.41) is 5.97. The fraction of sp³-hybridized carbons (Fsp3) is 0.389. The van der Waals surface area contributed by atoms with Gasteiger partial charge in [0.2, 0.25) is 5.78 Å². The maximum Gasteiger partial charge on any atom is 0.354 e. The van der Waals surface area contributed by atoms with Crippen molar-refractivity contribution < 1.29 is 19.2 Å². The van der Waals surface area contributed by atoms with Gasteiger partial charge in [0.05, 0.1) is 0 Å². The third-order valence-electron chi connectivity index (χ3n) is 8.76. The highest BCUT2D eigenvalue weighted by Gasteiger charge is 2.38. The van der Waals surface area contributed by atoms with Crippen molar-refractivity contribution >= 4 is 45.1 Å². The number of carbonyl (C=O) groups is 3. The van der Waals surface area contributed by atoms with Crippen LogP contribution in [0, 0.1) is 6.92 Å². The number of rotatable bonds is 11. The molecule has 0 bridgehead atoms. The predicted octanol–water partition coefficient (Wildman–Crippen LogP) is 7.50. The summed E-state index contributed by atoms with van der Waals surface area (Å²) in [5.41, 5.74) is 4.10. The van der Waals surface area contributed by atoms with Crippen molar-refractivity contribution in [2.45, 2.75) is 78.8 Å². The predicted molar refractivity (Wildman–Crippen MR) is 172 cm³/mol. The van der Waals surface area contributed by atoms with Crippen molar-refractivity contribution in [1.82, 2.24) is 9.47 Å². The highest BCUT2D eigenvalue weighted by Crippen LogP contribution is 2.32. The zero-order chi connectivity index (χ0) is 30.7. The lowest BCUT2D eigenvalue weighted by molar-refractivity contribution is -0.155. The molecule has 1 aliphatic heterocycles. The molecule has 1 aromatic heterocycles. The summed E-state index contributed by atoms with van der Waals surface area (Å²) in [6.07, 6.45) is 4.15. The van der Waals surface area contributed by atoms with Gasteiger partial charge < -0.3 is 9.40 Å². The third-order valence-corrected chi connectivity index (χ3v) is 8.76. The third kappa shape index (κ3) is 5.91. The largest absolute Gasteiger partial charge is 0.354 e. The van der Waals surface area contributed by atoms with Crippen LogP contribution >= 0.6 is 0 Å². The van der Waals surface area contributed by atoms with Gasteiger partial charge in [-0.25, -0.2) is 4.79 Å². The van der Waals surface area contributed by atoms with Crippen LogP contribution in [0.4, 0.5) is 0 Å². The Morgan fingerprint density at radius 2 is 1.51 bits per heavy atom. The maximum absolute atomic E-state index is 13.8. The van der Waals surface area contributed by atoms with Gasteiger partial charge >= 0.3 is 5.97 Å². The smallest absolute Gasteiger partial charge is 0.341 e. The number of fused-ring (bicyclic) bond motifs is 3. The number of benzene rings is 3. The standard InChI is InChI=1S/C36H41N3O4/c1-6-8-15-30(37-43-35(42)36(4,5)38-20-11-12-21-38)34(41)26-17-19-32-29(23-26)28-22-25(16-18-31(28)39(32)7-2)33(40)27-14-10-9-13-24(27)3/h9-10,13-14,16-19,22-23H,6-8,11-12,15,20-21H2,1-5H3. The van der Waals surface area contributed by atoms with Gasteiger partial charge in [0, 0.05) is 45.0 Å². The lowest BCUT2D eigenvalue weighted by atomic mass is 9.97. The van der Waals surface area contributed by atoms with Crippen LogP contribution in [0.1, 0.15) is 91.6 Å². The van der Waals surface area contributed by atoms with E-state index < -0.39 is 11.5 Å². The average Bonchev–Trinajstić information content (AvgIpc) is 3.67. The summed E-state index contributed by atoms with van der Waals surface area (Å²) in [6.45, 7) is 12.2. The average molecular weight is 580 g/mol. The summed E-state index contributed by atoms with van der Waals surface area (Å²) in [6, 6.07) is 19.0. The SMILES string of the molecule is CCCCC(=NOC(=O)C(C)(C)N1CCCC1)C(=O)c1ccc2c(c1)c1cc(C(=O)c3ccccc3C)ccc1n2CC. The van der Waals surface area contributed by atoms with E-state index in [4.69, 9.17) is 4.84 Å². The van der Waals surface area contributed by atoms with Crippen LogP contribution in [-0.4, -0.2) is 51.3 Å². The molecule has 2 heterocycles. The molecule has 0 N–H and O–H groups in total. The zero-order valence-corrected chi connectivity index (χ0v) is 25.9. The van der Waals surface area contributed by atoms with E-state index in [1.54, 1.807) is 0 Å². The number of aromatic nitrogens is 1. The van der Waals surface area contributed by atoms with E-state index in [1.807, 2.05) is 88.4 Å². The van der Waals surface area contributed by atoms with Gasteiger partial charge in [-0.05, 0) is 108 Å². The second-order valence-electron chi connectivity index (χ2n) is 12.0. The van der Waals surface area contributed by atoms with E-state index in [-0.39, 0.29) is 17.3 Å². The van der Waals surface area contributed by atoms with Crippen molar-refractivity contribution in [2.75, 3.05) is 13.1 Å². The molecule has 7 heteroatoms. The van der Waals surface area contributed by atoms with Crippen LogP contribution in [0.3, 0.4) is 0 Å². The normalized spacial score (nSPS) is 14.5. The first-order chi connectivity index (χ1) is 20.7. The number of oxime groups is 1. The molecule has 1 fully saturated rings. The van der Waals surface area contributed by atoms with Gasteiger partial charge in [-0.1, -0.05) is 42.8 Å². The summed E-state index contributed by atoms with van der Waals surface area (Å²) in [7, 11) is 0. The van der Waals surface area contributed by atoms with Crippen molar-refractivity contribution in [3.8, 4) is 0 Å². The monoisotopic (exact) mass is 579 g/mol. The minimum Gasteiger partial charge on any atom is -0.341 e. The lowest BCUT2D eigenvalue weighted by Crippen LogP contribution is -2.49. The molecule has 0 saturated carbocycles. The summed E-state index contributed by atoms with van der Waals surface area (Å²) in [4.78, 5) is 47.9. The Labute approximate surface area is 253 Å². The Hall–Kier alpha value is -4.10. The Morgan fingerprint density at radius 1 is 0.884 bits per heavy atom. The molecule has 4 aromatic rings. The number of nitrogens with zero attached hydrogens (tertiary/aromatic N) is 3. The van der Waals surface area contributed by atoms with Gasteiger partial charge in [0.1, 0.15) is 11.3 Å². The number of unbranched alkanes of at least 4 members (excludes halogenated alkanes) is 1. The fourth-order valence-corrected chi connectivity index (χ4v) is 6.04. The number of ketones is 2. The topological polar surface area (TPSA) is 81.0 Å². The van der Waals surface area contributed by atoms with E-state index >= 15 is 0 Å². The molecule has 3 aromatic carbocycles. The molecule has 5 rings (SSSR count). The summed E-state index contributed by atoms with van der Waals surface area (Å²) < 4.78 is 2.19. The summed E-state index contributed by atoms with van der Waals surface area (Å²) >= 11 is 0. The highest BCUT2D eigenvalue weighted by molar-refractivity contribution is 6.46. The Balaban J connectivity index is 1.51. The van der Waals surface area contributed by atoms with Gasteiger partial charge in [0.15, 0.2) is 5.78 Å². The fourth-order valence-electron chi connectivity index (χ4n) is 6.04. The van der Waals surface area contributed by atoms with Crippen molar-refractivity contribution in [1.29, 1.82) is 0 Å². The molecule has 0 radical (unpaired) electrons. The first-order valence-corrected chi connectivity index (χ1v) is 15.4. The second-order valence-corrected chi connectivity index (χ2v) is 12.0. The van der Waals surface area contributed by atoms with E-state index in [0.29, 0.717) is 23.1 Å². The summed E-state index contributed by atoms with van der Waals surface area (Å²) in [5.74, 6) is -0.743. The van der Waals surface area contributed by atoms with Crippen LogP contribution in [0.15, 0.2) is 65.8 Å². The molecule has 0 unspecified atom stereocenters. The van der Waals surface area contributed by atoms with E-state index in [9.17, 15) is 14.4 Å².